The lowest BCUT2D eigenvalue weighted by molar-refractivity contribution is 0.0228. The van der Waals surface area contributed by atoms with Crippen molar-refractivity contribution in [3.63, 3.8) is 0 Å². The Hall–Kier alpha value is -0.0800. The minimum absolute atomic E-state index is 0.127. The van der Waals surface area contributed by atoms with Crippen LogP contribution in [0.3, 0.4) is 0 Å². The third-order valence-electron chi connectivity index (χ3n) is 2.18. The van der Waals surface area contributed by atoms with E-state index in [0.717, 1.165) is 12.5 Å². The van der Waals surface area contributed by atoms with E-state index in [4.69, 9.17) is 4.74 Å². The summed E-state index contributed by atoms with van der Waals surface area (Å²) in [7, 11) is 0. The fourth-order valence-corrected chi connectivity index (χ4v) is 1.26. The molecule has 1 atom stereocenters. The normalized spacial score (nSPS) is 25.0. The van der Waals surface area contributed by atoms with Crippen molar-refractivity contribution < 1.29 is 4.74 Å². The third-order valence-corrected chi connectivity index (χ3v) is 2.18. The van der Waals surface area contributed by atoms with Crippen LogP contribution in [0.2, 0.25) is 0 Å². The highest BCUT2D eigenvalue weighted by Crippen LogP contribution is 2.27. The highest BCUT2D eigenvalue weighted by atomic mass is 16.5. The lowest BCUT2D eigenvalue weighted by atomic mass is 9.87. The van der Waals surface area contributed by atoms with Crippen LogP contribution >= 0.6 is 0 Å². The van der Waals surface area contributed by atoms with E-state index in [2.05, 4.69) is 60.7 Å². The van der Waals surface area contributed by atoms with E-state index in [1.54, 1.807) is 0 Å². The van der Waals surface area contributed by atoms with Crippen molar-refractivity contribution in [3.8, 4) is 0 Å². The van der Waals surface area contributed by atoms with Gasteiger partial charge in [0.05, 0.1) is 6.61 Å². The Bertz CT molecular complexity index is 177. The lowest BCUT2D eigenvalue weighted by Crippen LogP contribution is -2.44. The van der Waals surface area contributed by atoms with E-state index in [9.17, 15) is 0 Å². The molecule has 0 aliphatic carbocycles. The van der Waals surface area contributed by atoms with Gasteiger partial charge in [-0.1, -0.05) is 41.5 Å². The molecule has 0 radical (unpaired) electrons. The Labute approximate surface area is 95.8 Å². The monoisotopic (exact) mass is 215 g/mol. The van der Waals surface area contributed by atoms with Crippen molar-refractivity contribution in [2.75, 3.05) is 6.61 Å². The summed E-state index contributed by atoms with van der Waals surface area (Å²) in [4.78, 5) is 0. The molecule has 0 aromatic rings. The summed E-state index contributed by atoms with van der Waals surface area (Å²) in [6, 6.07) is 0.484. The van der Waals surface area contributed by atoms with Crippen LogP contribution in [-0.2, 0) is 4.74 Å². The van der Waals surface area contributed by atoms with Gasteiger partial charge in [-0.25, -0.2) is 0 Å². The van der Waals surface area contributed by atoms with Gasteiger partial charge >= 0.3 is 0 Å². The van der Waals surface area contributed by atoms with Crippen molar-refractivity contribution in [1.82, 2.24) is 5.32 Å². The summed E-state index contributed by atoms with van der Waals surface area (Å²) in [5.74, 6) is 0.833. The van der Waals surface area contributed by atoms with Crippen molar-refractivity contribution in [2.24, 2.45) is 11.3 Å². The molecule has 1 rings (SSSR count). The van der Waals surface area contributed by atoms with Gasteiger partial charge in [0.1, 0.15) is 5.72 Å². The second-order valence-corrected chi connectivity index (χ2v) is 6.62. The number of ether oxygens (including phenoxy) is 1. The van der Waals surface area contributed by atoms with Gasteiger partial charge in [0, 0.05) is 6.04 Å². The quantitative estimate of drug-likeness (QED) is 0.668. The van der Waals surface area contributed by atoms with E-state index in [-0.39, 0.29) is 5.72 Å². The van der Waals surface area contributed by atoms with Crippen LogP contribution in [0.4, 0.5) is 0 Å². The Balaban J connectivity index is 0.000000423. The van der Waals surface area contributed by atoms with Gasteiger partial charge in [-0.15, -0.1) is 0 Å². The standard InChI is InChI=1S/C9H19NO.C4H10/c1-8(2,3)7-6-11-9(4,5)10-7;1-4(2)3/h7,10H,6H2,1-5H3;4H,1-3H3. The van der Waals surface area contributed by atoms with Crippen LogP contribution in [0.5, 0.6) is 0 Å². The molecule has 1 aliphatic heterocycles. The maximum absolute atomic E-state index is 5.57. The van der Waals surface area contributed by atoms with Crippen LogP contribution in [0, 0.1) is 11.3 Å². The highest BCUT2D eigenvalue weighted by molar-refractivity contribution is 4.89. The Kier molecular flexibility index (Phi) is 5.28. The summed E-state index contributed by atoms with van der Waals surface area (Å²) in [5.41, 5.74) is 0.172. The average molecular weight is 215 g/mol. The number of hydrogen-bond acceptors (Lipinski definition) is 2. The molecule has 2 heteroatoms. The SMILES string of the molecule is CC(C)C.CC1(C)NC(C(C)(C)C)CO1. The molecule has 0 aromatic carbocycles. The molecule has 0 aromatic heterocycles. The first-order chi connectivity index (χ1) is 6.54. The molecular weight excluding hydrogens is 186 g/mol. The second kappa shape index (κ2) is 5.31. The Morgan fingerprint density at radius 1 is 1.20 bits per heavy atom. The van der Waals surface area contributed by atoms with E-state index in [0.29, 0.717) is 11.5 Å². The Morgan fingerprint density at radius 2 is 1.60 bits per heavy atom. The first kappa shape index (κ1) is 14.9. The predicted octanol–water partition coefficient (Wildman–Crippen LogP) is 3.42. The fourth-order valence-electron chi connectivity index (χ4n) is 1.26. The molecule has 0 saturated carbocycles. The zero-order valence-electron chi connectivity index (χ0n) is 11.8. The summed E-state index contributed by atoms with van der Waals surface area (Å²) >= 11 is 0. The zero-order chi connectivity index (χ0) is 12.3. The molecule has 1 fully saturated rings. The van der Waals surface area contributed by atoms with Crippen LogP contribution < -0.4 is 5.32 Å². The number of nitrogens with one attached hydrogen (secondary N) is 1. The third kappa shape index (κ3) is 6.91. The lowest BCUT2D eigenvalue weighted by Gasteiger charge is -2.27. The van der Waals surface area contributed by atoms with Gasteiger partial charge in [-0.2, -0.15) is 0 Å². The molecule has 1 aliphatic rings. The van der Waals surface area contributed by atoms with Crippen LogP contribution in [-0.4, -0.2) is 18.4 Å². The summed E-state index contributed by atoms with van der Waals surface area (Å²) in [5, 5.41) is 3.45. The predicted molar refractivity (Wildman–Crippen MR) is 66.9 cm³/mol. The molecule has 92 valence electrons. The van der Waals surface area contributed by atoms with Crippen molar-refractivity contribution in [3.05, 3.63) is 0 Å². The maximum Gasteiger partial charge on any atom is 0.113 e. The van der Waals surface area contributed by atoms with Crippen LogP contribution in [0.1, 0.15) is 55.4 Å². The average Bonchev–Trinajstić information content (AvgIpc) is 2.27. The molecule has 1 unspecified atom stereocenters. The minimum atomic E-state index is -0.127. The van der Waals surface area contributed by atoms with Gasteiger partial charge in [0.15, 0.2) is 0 Å². The molecule has 15 heavy (non-hydrogen) atoms. The van der Waals surface area contributed by atoms with Gasteiger partial charge in [-0.05, 0) is 25.2 Å². The first-order valence-corrected chi connectivity index (χ1v) is 5.96. The Morgan fingerprint density at radius 3 is 1.73 bits per heavy atom. The second-order valence-electron chi connectivity index (χ2n) is 6.62. The first-order valence-electron chi connectivity index (χ1n) is 5.96. The summed E-state index contributed by atoms with van der Waals surface area (Å²) in [6.45, 7) is 18.2. The maximum atomic E-state index is 5.57. The van der Waals surface area contributed by atoms with Gasteiger partial charge < -0.3 is 4.74 Å². The van der Waals surface area contributed by atoms with Crippen LogP contribution in [0.15, 0.2) is 0 Å². The van der Waals surface area contributed by atoms with Crippen LogP contribution in [0.25, 0.3) is 0 Å². The molecular formula is C13H29NO. The molecule has 0 bridgehead atoms. The van der Waals surface area contributed by atoms with Crippen molar-refractivity contribution in [2.45, 2.75) is 67.2 Å². The van der Waals surface area contributed by atoms with E-state index < -0.39 is 0 Å². The van der Waals surface area contributed by atoms with E-state index in [1.165, 1.54) is 0 Å². The van der Waals surface area contributed by atoms with Crippen molar-refractivity contribution in [1.29, 1.82) is 0 Å². The number of hydrogen-bond donors (Lipinski definition) is 1. The van der Waals surface area contributed by atoms with E-state index in [1.807, 2.05) is 0 Å². The number of rotatable bonds is 0. The molecule has 0 spiro atoms. The van der Waals surface area contributed by atoms with Crippen molar-refractivity contribution >= 4 is 0 Å². The molecule has 0 amide bonds. The largest absolute Gasteiger partial charge is 0.360 e. The molecule has 2 nitrogen and oxygen atoms in total. The summed E-state index contributed by atoms with van der Waals surface area (Å²) < 4.78 is 5.57. The molecule has 1 heterocycles. The topological polar surface area (TPSA) is 21.3 Å². The molecule has 1 saturated heterocycles. The fraction of sp³-hybridized carbons (Fsp3) is 1.00. The highest BCUT2D eigenvalue weighted by Gasteiger charge is 2.37. The minimum Gasteiger partial charge on any atom is -0.360 e. The smallest absolute Gasteiger partial charge is 0.113 e. The van der Waals surface area contributed by atoms with Gasteiger partial charge in [0.2, 0.25) is 0 Å². The zero-order valence-corrected chi connectivity index (χ0v) is 11.8. The summed E-state index contributed by atoms with van der Waals surface area (Å²) in [6.07, 6.45) is 0. The molecule has 1 N–H and O–H groups in total. The van der Waals surface area contributed by atoms with Gasteiger partial charge in [0.25, 0.3) is 0 Å². The van der Waals surface area contributed by atoms with Gasteiger partial charge in [-0.3, -0.25) is 5.32 Å². The van der Waals surface area contributed by atoms with E-state index >= 15 is 0 Å².